The van der Waals surface area contributed by atoms with Crippen LogP contribution in [0.3, 0.4) is 0 Å². The lowest BCUT2D eigenvalue weighted by atomic mass is 10.2. The highest BCUT2D eigenvalue weighted by Gasteiger charge is 2.13. The van der Waals surface area contributed by atoms with Gasteiger partial charge in [-0.15, -0.1) is 0 Å². The Bertz CT molecular complexity index is 285. The van der Waals surface area contributed by atoms with E-state index in [1.165, 1.54) is 23.5 Å². The van der Waals surface area contributed by atoms with Crippen LogP contribution in [0.5, 0.6) is 0 Å². The Labute approximate surface area is 89.0 Å². The molecule has 0 saturated heterocycles. The maximum absolute atomic E-state index is 11.3. The molecule has 0 fully saturated rings. The van der Waals surface area contributed by atoms with Gasteiger partial charge in [-0.3, -0.25) is 0 Å². The predicted molar refractivity (Wildman–Crippen MR) is 54.3 cm³/mol. The Hall–Kier alpha value is -1.52. The van der Waals surface area contributed by atoms with E-state index in [-0.39, 0.29) is 6.10 Å². The standard InChI is InChI=1S/C10H16N2O3/c1-3-5-9(4-2)14-10(13)15-12-7-6-11-8-12/h6-9H,3-5H2,1-2H3. The van der Waals surface area contributed by atoms with Crippen LogP contribution in [0.25, 0.3) is 0 Å². The summed E-state index contributed by atoms with van der Waals surface area (Å²) >= 11 is 0. The van der Waals surface area contributed by atoms with Crippen molar-refractivity contribution in [2.75, 3.05) is 0 Å². The van der Waals surface area contributed by atoms with Crippen LogP contribution in [-0.4, -0.2) is 22.0 Å². The Morgan fingerprint density at radius 1 is 1.53 bits per heavy atom. The van der Waals surface area contributed by atoms with Crippen LogP contribution in [0, 0.1) is 0 Å². The number of carbonyl (C=O) groups is 1. The van der Waals surface area contributed by atoms with E-state index in [4.69, 9.17) is 9.57 Å². The molecular weight excluding hydrogens is 196 g/mol. The highest BCUT2D eigenvalue weighted by atomic mass is 16.8. The first-order valence-electron chi connectivity index (χ1n) is 5.13. The third-order valence-electron chi connectivity index (χ3n) is 1.99. The molecule has 1 unspecified atom stereocenters. The first-order valence-corrected chi connectivity index (χ1v) is 5.13. The van der Waals surface area contributed by atoms with Crippen LogP contribution in [0.15, 0.2) is 18.7 Å². The minimum Gasteiger partial charge on any atom is -0.429 e. The average Bonchev–Trinajstić information content (AvgIpc) is 2.69. The lowest BCUT2D eigenvalue weighted by Crippen LogP contribution is -2.25. The van der Waals surface area contributed by atoms with E-state index in [1.807, 2.05) is 13.8 Å². The normalized spacial score (nSPS) is 12.1. The molecule has 5 heteroatoms. The van der Waals surface area contributed by atoms with Gasteiger partial charge in [0.1, 0.15) is 12.4 Å². The number of imidazole rings is 1. The fraction of sp³-hybridized carbons (Fsp3) is 0.600. The van der Waals surface area contributed by atoms with Gasteiger partial charge >= 0.3 is 6.16 Å². The molecule has 0 bridgehead atoms. The second-order valence-corrected chi connectivity index (χ2v) is 3.20. The zero-order chi connectivity index (χ0) is 11.1. The molecule has 0 aromatic carbocycles. The lowest BCUT2D eigenvalue weighted by Gasteiger charge is -2.14. The van der Waals surface area contributed by atoms with Crippen LogP contribution < -0.4 is 4.84 Å². The number of rotatable bonds is 5. The topological polar surface area (TPSA) is 53.4 Å². The smallest absolute Gasteiger partial charge is 0.429 e. The predicted octanol–water partition coefficient (Wildman–Crippen LogP) is 2.03. The molecule has 0 N–H and O–H groups in total. The van der Waals surface area contributed by atoms with E-state index in [0.717, 1.165) is 19.3 Å². The van der Waals surface area contributed by atoms with Crippen molar-refractivity contribution in [1.29, 1.82) is 0 Å². The summed E-state index contributed by atoms with van der Waals surface area (Å²) in [5.41, 5.74) is 0. The van der Waals surface area contributed by atoms with Gasteiger partial charge in [0.25, 0.3) is 0 Å². The van der Waals surface area contributed by atoms with Gasteiger partial charge in [0.15, 0.2) is 0 Å². The van der Waals surface area contributed by atoms with Crippen LogP contribution in [0.2, 0.25) is 0 Å². The van der Waals surface area contributed by atoms with Crippen LogP contribution >= 0.6 is 0 Å². The van der Waals surface area contributed by atoms with Gasteiger partial charge in [-0.05, 0) is 12.8 Å². The van der Waals surface area contributed by atoms with Gasteiger partial charge in [-0.1, -0.05) is 20.3 Å². The molecule has 0 aliphatic rings. The van der Waals surface area contributed by atoms with Crippen molar-refractivity contribution in [3.63, 3.8) is 0 Å². The van der Waals surface area contributed by atoms with Crippen molar-refractivity contribution in [1.82, 2.24) is 9.71 Å². The first-order chi connectivity index (χ1) is 7.26. The third kappa shape index (κ3) is 4.01. The number of ether oxygens (including phenoxy) is 1. The SMILES string of the molecule is CCCC(CC)OC(=O)On1ccnc1. The fourth-order valence-corrected chi connectivity index (χ4v) is 1.21. The minimum atomic E-state index is -0.687. The summed E-state index contributed by atoms with van der Waals surface area (Å²) in [5, 5.41) is 0. The van der Waals surface area contributed by atoms with E-state index >= 15 is 0 Å². The van der Waals surface area contributed by atoms with E-state index in [0.29, 0.717) is 0 Å². The van der Waals surface area contributed by atoms with Crippen molar-refractivity contribution >= 4 is 6.16 Å². The Balaban J connectivity index is 2.34. The quantitative estimate of drug-likeness (QED) is 0.701. The van der Waals surface area contributed by atoms with Crippen molar-refractivity contribution < 1.29 is 14.4 Å². The molecule has 1 atom stereocenters. The van der Waals surface area contributed by atoms with Crippen molar-refractivity contribution in [2.24, 2.45) is 0 Å². The van der Waals surface area contributed by atoms with Crippen LogP contribution in [0.1, 0.15) is 33.1 Å². The number of hydrogen-bond donors (Lipinski definition) is 0. The Morgan fingerprint density at radius 2 is 2.33 bits per heavy atom. The molecular formula is C10H16N2O3. The Morgan fingerprint density at radius 3 is 2.87 bits per heavy atom. The summed E-state index contributed by atoms with van der Waals surface area (Å²) in [6.07, 6.45) is 6.33. The summed E-state index contributed by atoms with van der Waals surface area (Å²) in [6.45, 7) is 4.03. The van der Waals surface area contributed by atoms with Crippen molar-refractivity contribution in [3.8, 4) is 0 Å². The monoisotopic (exact) mass is 212 g/mol. The van der Waals surface area contributed by atoms with Gasteiger partial charge in [-0.2, -0.15) is 4.73 Å². The average molecular weight is 212 g/mol. The fourth-order valence-electron chi connectivity index (χ4n) is 1.21. The van der Waals surface area contributed by atoms with Gasteiger partial charge in [0.2, 0.25) is 0 Å². The molecule has 84 valence electrons. The van der Waals surface area contributed by atoms with Gasteiger partial charge in [0.05, 0.1) is 6.20 Å². The molecule has 0 saturated carbocycles. The van der Waals surface area contributed by atoms with Gasteiger partial charge in [0, 0.05) is 6.20 Å². The lowest BCUT2D eigenvalue weighted by molar-refractivity contribution is 0.0142. The first kappa shape index (κ1) is 11.6. The van der Waals surface area contributed by atoms with Gasteiger partial charge in [-0.25, -0.2) is 9.78 Å². The summed E-state index contributed by atoms with van der Waals surface area (Å²) in [4.78, 5) is 19.8. The summed E-state index contributed by atoms with van der Waals surface area (Å²) in [6, 6.07) is 0. The van der Waals surface area contributed by atoms with Crippen LogP contribution in [0.4, 0.5) is 4.79 Å². The molecule has 0 aliphatic carbocycles. The zero-order valence-corrected chi connectivity index (χ0v) is 9.05. The number of hydrogen-bond acceptors (Lipinski definition) is 4. The molecule has 1 rings (SSSR count). The molecule has 1 aromatic rings. The summed E-state index contributed by atoms with van der Waals surface area (Å²) in [7, 11) is 0. The van der Waals surface area contributed by atoms with E-state index in [1.54, 1.807) is 0 Å². The molecule has 0 radical (unpaired) electrons. The van der Waals surface area contributed by atoms with Crippen molar-refractivity contribution in [3.05, 3.63) is 18.7 Å². The molecule has 0 aliphatic heterocycles. The number of aromatic nitrogens is 2. The summed E-state index contributed by atoms with van der Waals surface area (Å²) in [5.74, 6) is 0. The van der Waals surface area contributed by atoms with Crippen LogP contribution in [-0.2, 0) is 4.74 Å². The zero-order valence-electron chi connectivity index (χ0n) is 9.05. The number of nitrogens with zero attached hydrogens (tertiary/aromatic N) is 2. The van der Waals surface area contributed by atoms with Gasteiger partial charge < -0.3 is 9.57 Å². The van der Waals surface area contributed by atoms with E-state index in [2.05, 4.69) is 4.98 Å². The summed E-state index contributed by atoms with van der Waals surface area (Å²) < 4.78 is 6.31. The molecule has 5 nitrogen and oxygen atoms in total. The molecule has 0 amide bonds. The maximum atomic E-state index is 11.3. The molecule has 15 heavy (non-hydrogen) atoms. The third-order valence-corrected chi connectivity index (χ3v) is 1.99. The second-order valence-electron chi connectivity index (χ2n) is 3.20. The maximum Gasteiger partial charge on any atom is 0.534 e. The van der Waals surface area contributed by atoms with Crippen molar-refractivity contribution in [2.45, 2.75) is 39.2 Å². The molecule has 1 aromatic heterocycles. The second kappa shape index (κ2) is 6.06. The highest BCUT2D eigenvalue weighted by Crippen LogP contribution is 2.06. The largest absolute Gasteiger partial charge is 0.534 e. The van der Waals surface area contributed by atoms with E-state index in [9.17, 15) is 4.79 Å². The molecule has 0 spiro atoms. The molecule has 1 heterocycles. The Kier molecular flexibility index (Phi) is 4.66. The highest BCUT2D eigenvalue weighted by molar-refractivity contribution is 5.60. The number of carbonyl (C=O) groups excluding carboxylic acids is 1. The minimum absolute atomic E-state index is 0.0639. The van der Waals surface area contributed by atoms with E-state index < -0.39 is 6.16 Å².